The molecule has 27 heavy (non-hydrogen) atoms. The topological polar surface area (TPSA) is 75.5 Å². The zero-order valence-electron chi connectivity index (χ0n) is 15.5. The first-order chi connectivity index (χ1) is 12.9. The third-order valence-electron chi connectivity index (χ3n) is 5.44. The summed E-state index contributed by atoms with van der Waals surface area (Å²) < 4.78 is 29.1. The molecule has 144 valence electrons. The largest absolute Gasteiger partial charge is 0.336 e. The van der Waals surface area contributed by atoms with Crippen LogP contribution < -0.4 is 0 Å². The molecule has 1 aliphatic carbocycles. The van der Waals surface area contributed by atoms with Gasteiger partial charge in [0.25, 0.3) is 5.91 Å². The second-order valence-electron chi connectivity index (χ2n) is 7.24. The molecule has 0 radical (unpaired) electrons. The van der Waals surface area contributed by atoms with E-state index in [0.29, 0.717) is 36.6 Å². The third-order valence-corrected chi connectivity index (χ3v) is 7.33. The summed E-state index contributed by atoms with van der Waals surface area (Å²) in [5.41, 5.74) is 2.96. The number of carbonyl (C=O) groups is 1. The van der Waals surface area contributed by atoms with Crippen molar-refractivity contribution in [3.63, 3.8) is 0 Å². The number of sulfonamides is 1. The summed E-state index contributed by atoms with van der Waals surface area (Å²) in [7, 11) is -1.76. The van der Waals surface area contributed by atoms with Crippen LogP contribution >= 0.6 is 0 Å². The highest BCUT2D eigenvalue weighted by atomic mass is 32.2. The van der Waals surface area contributed by atoms with Gasteiger partial charge >= 0.3 is 0 Å². The lowest BCUT2D eigenvalue weighted by Gasteiger charge is -2.34. The summed E-state index contributed by atoms with van der Waals surface area (Å²) in [5.74, 6) is -0.103. The van der Waals surface area contributed by atoms with E-state index in [-0.39, 0.29) is 5.91 Å². The Hall–Kier alpha value is -2.19. The van der Waals surface area contributed by atoms with Crippen molar-refractivity contribution in [3.05, 3.63) is 47.3 Å². The Balaban J connectivity index is 1.46. The molecule has 1 amide bonds. The zero-order chi connectivity index (χ0) is 19.0. The van der Waals surface area contributed by atoms with Crippen molar-refractivity contribution in [2.45, 2.75) is 30.6 Å². The number of benzene rings is 1. The Bertz CT molecular complexity index is 959. The molecule has 2 aliphatic rings. The summed E-state index contributed by atoms with van der Waals surface area (Å²) in [6.07, 6.45) is 7.49. The molecule has 2 heterocycles. The summed E-state index contributed by atoms with van der Waals surface area (Å²) in [6.45, 7) is 1.40. The molecule has 0 spiro atoms. The van der Waals surface area contributed by atoms with Crippen molar-refractivity contribution in [2.24, 2.45) is 7.05 Å². The van der Waals surface area contributed by atoms with Gasteiger partial charge in [-0.3, -0.25) is 9.48 Å². The molecule has 1 fully saturated rings. The second-order valence-corrected chi connectivity index (χ2v) is 9.17. The van der Waals surface area contributed by atoms with Crippen LogP contribution in [0.4, 0.5) is 0 Å². The molecule has 4 rings (SSSR count). The number of aryl methyl sites for hydroxylation is 3. The molecule has 0 unspecified atom stereocenters. The molecule has 7 nitrogen and oxygen atoms in total. The van der Waals surface area contributed by atoms with Crippen molar-refractivity contribution in [1.29, 1.82) is 0 Å². The van der Waals surface area contributed by atoms with E-state index in [1.54, 1.807) is 35.1 Å². The Labute approximate surface area is 159 Å². The lowest BCUT2D eigenvalue weighted by Crippen LogP contribution is -2.50. The van der Waals surface area contributed by atoms with Gasteiger partial charge in [-0.25, -0.2) is 8.42 Å². The first-order valence-corrected chi connectivity index (χ1v) is 10.8. The molecule has 2 aromatic rings. The number of carbonyl (C=O) groups excluding carboxylic acids is 1. The van der Waals surface area contributed by atoms with Crippen LogP contribution in [0.1, 0.15) is 34.3 Å². The van der Waals surface area contributed by atoms with Crippen molar-refractivity contribution < 1.29 is 13.2 Å². The minimum absolute atomic E-state index is 0.103. The van der Waals surface area contributed by atoms with Gasteiger partial charge in [0.05, 0.1) is 16.7 Å². The number of rotatable bonds is 3. The van der Waals surface area contributed by atoms with E-state index < -0.39 is 10.0 Å². The number of fused-ring (bicyclic) bond motifs is 1. The quantitative estimate of drug-likeness (QED) is 0.798. The fourth-order valence-electron chi connectivity index (χ4n) is 3.87. The van der Waals surface area contributed by atoms with Gasteiger partial charge in [0.15, 0.2) is 0 Å². The van der Waals surface area contributed by atoms with Gasteiger partial charge in [-0.05, 0) is 48.9 Å². The number of piperazine rings is 1. The minimum atomic E-state index is -3.53. The molecule has 0 saturated carbocycles. The molecule has 0 atom stereocenters. The van der Waals surface area contributed by atoms with Gasteiger partial charge in [0.1, 0.15) is 0 Å². The number of amides is 1. The molecular weight excluding hydrogens is 364 g/mol. The Kier molecular flexibility index (Phi) is 4.77. The standard InChI is InChI=1S/C19H24N4O3S/c1-21-14-17(13-20-21)19(24)22-8-10-23(11-9-22)27(25,26)18-7-6-15-4-2-3-5-16(15)12-18/h6-7,12-14H,2-5,8-11H2,1H3. The van der Waals surface area contributed by atoms with E-state index >= 15 is 0 Å². The van der Waals surface area contributed by atoms with Gasteiger partial charge in [-0.15, -0.1) is 0 Å². The third kappa shape index (κ3) is 3.51. The molecule has 1 aliphatic heterocycles. The molecule has 8 heteroatoms. The highest BCUT2D eigenvalue weighted by Gasteiger charge is 2.31. The van der Waals surface area contributed by atoms with Gasteiger partial charge in [0, 0.05) is 39.4 Å². The summed E-state index contributed by atoms with van der Waals surface area (Å²) >= 11 is 0. The van der Waals surface area contributed by atoms with Crippen LogP contribution in [0, 0.1) is 0 Å². The molecule has 0 N–H and O–H groups in total. The highest BCUT2D eigenvalue weighted by Crippen LogP contribution is 2.26. The predicted molar refractivity (Wildman–Crippen MR) is 101 cm³/mol. The molecule has 0 bridgehead atoms. The van der Waals surface area contributed by atoms with Crippen LogP contribution in [0.2, 0.25) is 0 Å². The van der Waals surface area contributed by atoms with Crippen LogP contribution in [0.15, 0.2) is 35.5 Å². The smallest absolute Gasteiger partial charge is 0.257 e. The van der Waals surface area contributed by atoms with Crippen LogP contribution in [0.3, 0.4) is 0 Å². The van der Waals surface area contributed by atoms with Gasteiger partial charge in [-0.1, -0.05) is 6.07 Å². The maximum Gasteiger partial charge on any atom is 0.257 e. The van der Waals surface area contributed by atoms with E-state index in [1.807, 2.05) is 12.1 Å². The lowest BCUT2D eigenvalue weighted by molar-refractivity contribution is 0.0698. The number of aromatic nitrogens is 2. The fraction of sp³-hybridized carbons (Fsp3) is 0.474. The van der Waals surface area contributed by atoms with E-state index in [4.69, 9.17) is 0 Å². The van der Waals surface area contributed by atoms with E-state index in [9.17, 15) is 13.2 Å². The second kappa shape index (κ2) is 7.09. The first-order valence-electron chi connectivity index (χ1n) is 9.35. The maximum atomic E-state index is 13.0. The molecule has 1 saturated heterocycles. The average Bonchev–Trinajstić information content (AvgIpc) is 3.13. The Morgan fingerprint density at radius 1 is 1.04 bits per heavy atom. The van der Waals surface area contributed by atoms with Crippen LogP contribution in [-0.2, 0) is 29.9 Å². The van der Waals surface area contributed by atoms with E-state index in [0.717, 1.165) is 24.8 Å². The average molecular weight is 388 g/mol. The van der Waals surface area contributed by atoms with Gasteiger partial charge in [0.2, 0.25) is 10.0 Å². The van der Waals surface area contributed by atoms with Crippen LogP contribution in [0.25, 0.3) is 0 Å². The fourth-order valence-corrected chi connectivity index (χ4v) is 5.34. The SMILES string of the molecule is Cn1cc(C(=O)N2CCN(S(=O)(=O)c3ccc4c(c3)CCCC4)CC2)cn1. The summed E-state index contributed by atoms with van der Waals surface area (Å²) in [4.78, 5) is 14.6. The number of hydrogen-bond acceptors (Lipinski definition) is 4. The minimum Gasteiger partial charge on any atom is -0.336 e. The summed E-state index contributed by atoms with van der Waals surface area (Å²) in [6, 6.07) is 5.53. The van der Waals surface area contributed by atoms with Crippen molar-refractivity contribution in [3.8, 4) is 0 Å². The summed E-state index contributed by atoms with van der Waals surface area (Å²) in [5, 5.41) is 4.02. The number of nitrogens with zero attached hydrogens (tertiary/aromatic N) is 4. The Morgan fingerprint density at radius 3 is 2.41 bits per heavy atom. The molecular formula is C19H24N4O3S. The monoisotopic (exact) mass is 388 g/mol. The Morgan fingerprint density at radius 2 is 1.74 bits per heavy atom. The van der Waals surface area contributed by atoms with E-state index in [2.05, 4.69) is 5.10 Å². The molecule has 1 aromatic heterocycles. The van der Waals surface area contributed by atoms with Crippen molar-refractivity contribution >= 4 is 15.9 Å². The lowest BCUT2D eigenvalue weighted by atomic mass is 9.92. The van der Waals surface area contributed by atoms with Crippen LogP contribution in [-0.4, -0.2) is 59.5 Å². The predicted octanol–water partition coefficient (Wildman–Crippen LogP) is 1.45. The normalized spacial score (nSPS) is 18.3. The van der Waals surface area contributed by atoms with Crippen molar-refractivity contribution in [2.75, 3.05) is 26.2 Å². The van der Waals surface area contributed by atoms with Crippen LogP contribution in [0.5, 0.6) is 0 Å². The highest BCUT2D eigenvalue weighted by molar-refractivity contribution is 7.89. The van der Waals surface area contributed by atoms with E-state index in [1.165, 1.54) is 16.3 Å². The molecule has 1 aromatic carbocycles. The van der Waals surface area contributed by atoms with Gasteiger partial charge in [-0.2, -0.15) is 9.40 Å². The maximum absolute atomic E-state index is 13.0. The zero-order valence-corrected chi connectivity index (χ0v) is 16.3. The first kappa shape index (κ1) is 18.2. The van der Waals surface area contributed by atoms with Gasteiger partial charge < -0.3 is 4.90 Å². The number of hydrogen-bond donors (Lipinski definition) is 0. The van der Waals surface area contributed by atoms with Crippen molar-refractivity contribution in [1.82, 2.24) is 19.0 Å².